The maximum Gasteiger partial charge on any atom is 0.227 e. The molecule has 0 aromatic rings. The van der Waals surface area contributed by atoms with Gasteiger partial charge in [-0.05, 0) is 12.8 Å². The fourth-order valence-electron chi connectivity index (χ4n) is 3.05. The summed E-state index contributed by atoms with van der Waals surface area (Å²) < 4.78 is 26.1. The Morgan fingerprint density at radius 1 is 0.680 bits per heavy atom. The maximum absolute atomic E-state index is 12.2. The highest BCUT2D eigenvalue weighted by molar-refractivity contribution is 7.89. The Morgan fingerprint density at radius 3 is 1.40 bits per heavy atom. The van der Waals surface area contributed by atoms with Crippen LogP contribution >= 0.6 is 0 Å². The lowest BCUT2D eigenvalue weighted by atomic mass is 10.1. The normalized spacial score (nSPS) is 11.8. The monoisotopic (exact) mass is 372 g/mol. The van der Waals surface area contributed by atoms with E-state index in [0.717, 1.165) is 25.7 Å². The lowest BCUT2D eigenvalue weighted by Crippen LogP contribution is -2.34. The zero-order valence-electron chi connectivity index (χ0n) is 16.6. The highest BCUT2D eigenvalue weighted by Crippen LogP contribution is 2.12. The highest BCUT2D eigenvalue weighted by atomic mass is 32.2. The molecule has 0 heterocycles. The van der Waals surface area contributed by atoms with Crippen LogP contribution in [0.5, 0.6) is 0 Å². The predicted octanol–water partition coefficient (Wildman–Crippen LogP) is 5.64. The van der Waals surface area contributed by atoms with Crippen molar-refractivity contribution in [1.29, 1.82) is 5.26 Å². The van der Waals surface area contributed by atoms with Crippen molar-refractivity contribution in [2.45, 2.75) is 104 Å². The van der Waals surface area contributed by atoms with Crippen LogP contribution in [0.4, 0.5) is 0 Å². The minimum atomic E-state index is -3.40. The van der Waals surface area contributed by atoms with E-state index < -0.39 is 10.0 Å². The van der Waals surface area contributed by atoms with Gasteiger partial charge in [0.2, 0.25) is 10.0 Å². The molecule has 25 heavy (non-hydrogen) atoms. The van der Waals surface area contributed by atoms with E-state index in [4.69, 9.17) is 5.26 Å². The number of nitriles is 1. The summed E-state index contributed by atoms with van der Waals surface area (Å²) in [6, 6.07) is 1.81. The van der Waals surface area contributed by atoms with E-state index in [1.54, 1.807) is 4.31 Å². The molecule has 0 atom stereocenters. The molecule has 4 nitrogen and oxygen atoms in total. The third kappa shape index (κ3) is 14.3. The van der Waals surface area contributed by atoms with E-state index in [-0.39, 0.29) is 5.75 Å². The van der Waals surface area contributed by atoms with Crippen LogP contribution in [0, 0.1) is 11.3 Å². The first kappa shape index (κ1) is 24.4. The smallest absolute Gasteiger partial charge is 0.211 e. The molecule has 5 heteroatoms. The Bertz CT molecular complexity index is 411. The quantitative estimate of drug-likeness (QED) is 0.292. The van der Waals surface area contributed by atoms with Crippen molar-refractivity contribution < 1.29 is 8.42 Å². The molecular weight excluding hydrogens is 332 g/mol. The molecule has 0 radical (unpaired) electrons. The van der Waals surface area contributed by atoms with Gasteiger partial charge in [0.15, 0.2) is 5.75 Å². The van der Waals surface area contributed by atoms with Gasteiger partial charge in [0.1, 0.15) is 0 Å². The standard InChI is InChI=1S/C20H40N2O2S/c1-3-5-7-9-11-13-15-18-22(25(23,24)20-17-21)19-16-14-12-10-8-6-4-2/h3-16,18-20H2,1-2H3. The molecule has 0 saturated carbocycles. The molecule has 0 bridgehead atoms. The van der Waals surface area contributed by atoms with Crippen molar-refractivity contribution in [2.24, 2.45) is 0 Å². The second-order valence-electron chi connectivity index (χ2n) is 7.06. The van der Waals surface area contributed by atoms with Crippen molar-refractivity contribution >= 4 is 10.0 Å². The maximum atomic E-state index is 12.2. The second-order valence-corrected chi connectivity index (χ2v) is 9.02. The Labute approximate surface area is 157 Å². The molecule has 0 spiro atoms. The Kier molecular flexibility index (Phi) is 16.4. The summed E-state index contributed by atoms with van der Waals surface area (Å²) in [5, 5.41) is 8.78. The van der Waals surface area contributed by atoms with Gasteiger partial charge in [-0.3, -0.25) is 0 Å². The van der Waals surface area contributed by atoms with Gasteiger partial charge >= 0.3 is 0 Å². The van der Waals surface area contributed by atoms with Gasteiger partial charge in [0, 0.05) is 13.1 Å². The summed E-state index contributed by atoms with van der Waals surface area (Å²) in [5.74, 6) is -0.389. The van der Waals surface area contributed by atoms with Gasteiger partial charge in [0.25, 0.3) is 0 Å². The molecule has 0 amide bonds. The van der Waals surface area contributed by atoms with Crippen LogP contribution in [0.3, 0.4) is 0 Å². The molecule has 0 fully saturated rings. The van der Waals surface area contributed by atoms with E-state index >= 15 is 0 Å². The van der Waals surface area contributed by atoms with Crippen molar-refractivity contribution in [3.8, 4) is 6.07 Å². The van der Waals surface area contributed by atoms with Gasteiger partial charge in [-0.1, -0.05) is 90.9 Å². The number of rotatable bonds is 18. The van der Waals surface area contributed by atoms with Gasteiger partial charge in [-0.2, -0.15) is 5.26 Å². The Hall–Kier alpha value is -0.600. The molecule has 0 unspecified atom stereocenters. The minimum absolute atomic E-state index is 0.389. The van der Waals surface area contributed by atoms with Crippen LogP contribution < -0.4 is 0 Å². The largest absolute Gasteiger partial charge is 0.227 e. The van der Waals surface area contributed by atoms with Crippen LogP contribution in [-0.2, 0) is 10.0 Å². The topological polar surface area (TPSA) is 61.2 Å². The summed E-state index contributed by atoms with van der Waals surface area (Å²) >= 11 is 0. The number of unbranched alkanes of at least 4 members (excludes halogenated alkanes) is 12. The first-order chi connectivity index (χ1) is 12.1. The summed E-state index contributed by atoms with van der Waals surface area (Å²) in [5.41, 5.74) is 0. The van der Waals surface area contributed by atoms with Crippen LogP contribution in [0.15, 0.2) is 0 Å². The van der Waals surface area contributed by atoms with Gasteiger partial charge in [-0.25, -0.2) is 12.7 Å². The molecular formula is C20H40N2O2S. The zero-order valence-corrected chi connectivity index (χ0v) is 17.5. The van der Waals surface area contributed by atoms with E-state index in [1.807, 2.05) is 6.07 Å². The Balaban J connectivity index is 4.07. The fourth-order valence-corrected chi connectivity index (χ4v) is 4.21. The SMILES string of the molecule is CCCCCCCCCN(CCCCCCCCC)S(=O)(=O)CC#N. The third-order valence-electron chi connectivity index (χ3n) is 4.66. The van der Waals surface area contributed by atoms with Crippen LogP contribution in [0.1, 0.15) is 104 Å². The van der Waals surface area contributed by atoms with Crippen molar-refractivity contribution in [1.82, 2.24) is 4.31 Å². The average molecular weight is 373 g/mol. The van der Waals surface area contributed by atoms with Crippen molar-refractivity contribution in [2.75, 3.05) is 18.8 Å². The first-order valence-corrected chi connectivity index (χ1v) is 12.0. The molecule has 0 aromatic heterocycles. The van der Waals surface area contributed by atoms with Crippen molar-refractivity contribution in [3.05, 3.63) is 0 Å². The number of sulfonamides is 1. The summed E-state index contributed by atoms with van der Waals surface area (Å²) in [7, 11) is -3.40. The lowest BCUT2D eigenvalue weighted by Gasteiger charge is -2.20. The van der Waals surface area contributed by atoms with Crippen LogP contribution in [-0.4, -0.2) is 31.6 Å². The van der Waals surface area contributed by atoms with Gasteiger partial charge < -0.3 is 0 Å². The minimum Gasteiger partial charge on any atom is -0.211 e. The second kappa shape index (κ2) is 16.8. The predicted molar refractivity (Wildman–Crippen MR) is 107 cm³/mol. The molecule has 0 saturated heterocycles. The number of hydrogen-bond acceptors (Lipinski definition) is 3. The lowest BCUT2D eigenvalue weighted by molar-refractivity contribution is 0.385. The molecule has 0 aliphatic rings. The average Bonchev–Trinajstić information content (AvgIpc) is 2.58. The molecule has 0 N–H and O–H groups in total. The van der Waals surface area contributed by atoms with Gasteiger partial charge in [-0.15, -0.1) is 0 Å². The third-order valence-corrected chi connectivity index (χ3v) is 6.31. The van der Waals surface area contributed by atoms with Crippen molar-refractivity contribution in [3.63, 3.8) is 0 Å². The number of nitrogens with zero attached hydrogens (tertiary/aromatic N) is 2. The summed E-state index contributed by atoms with van der Waals surface area (Å²) in [6.07, 6.45) is 16.5. The summed E-state index contributed by atoms with van der Waals surface area (Å²) in [4.78, 5) is 0. The highest BCUT2D eigenvalue weighted by Gasteiger charge is 2.20. The molecule has 148 valence electrons. The molecule has 0 aliphatic carbocycles. The van der Waals surface area contributed by atoms with Gasteiger partial charge in [0.05, 0.1) is 6.07 Å². The van der Waals surface area contributed by atoms with E-state index in [1.165, 1.54) is 64.2 Å². The zero-order chi connectivity index (χ0) is 18.8. The van der Waals surface area contributed by atoms with E-state index in [9.17, 15) is 8.42 Å². The molecule has 0 rings (SSSR count). The summed E-state index contributed by atoms with van der Waals surface area (Å²) in [6.45, 7) is 5.57. The molecule has 0 aromatic carbocycles. The number of hydrogen-bond donors (Lipinski definition) is 0. The first-order valence-electron chi connectivity index (χ1n) is 10.4. The van der Waals surface area contributed by atoms with E-state index in [2.05, 4.69) is 13.8 Å². The van der Waals surface area contributed by atoms with Crippen LogP contribution in [0.2, 0.25) is 0 Å². The van der Waals surface area contributed by atoms with E-state index in [0.29, 0.717) is 13.1 Å². The Morgan fingerprint density at radius 2 is 1.04 bits per heavy atom. The molecule has 0 aliphatic heterocycles. The van der Waals surface area contributed by atoms with Crippen LogP contribution in [0.25, 0.3) is 0 Å². The fraction of sp³-hybridized carbons (Fsp3) is 0.950.